The fourth-order valence-electron chi connectivity index (χ4n) is 4.06. The van der Waals surface area contributed by atoms with Crippen molar-refractivity contribution in [2.24, 2.45) is 0 Å². The Bertz CT molecular complexity index is 1030. The molecule has 0 bridgehead atoms. The third kappa shape index (κ3) is 8.57. The Morgan fingerprint density at radius 2 is 1.45 bits per heavy atom. The molecule has 0 saturated carbocycles. The van der Waals surface area contributed by atoms with E-state index in [0.717, 1.165) is 12.0 Å². The molecule has 0 heterocycles. The molecule has 0 amide bonds. The summed E-state index contributed by atoms with van der Waals surface area (Å²) >= 11 is 0. The summed E-state index contributed by atoms with van der Waals surface area (Å²) in [7, 11) is -3.92. The Balaban J connectivity index is 1.74. The Kier molecular flexibility index (Phi) is 9.90. The normalized spacial score (nSPS) is 11.6. The van der Waals surface area contributed by atoms with E-state index in [0.29, 0.717) is 19.5 Å². The maximum atomic E-state index is 11.0. The predicted molar refractivity (Wildman–Crippen MR) is 138 cm³/mol. The van der Waals surface area contributed by atoms with Crippen molar-refractivity contribution in [1.29, 1.82) is 0 Å². The number of hydrogen-bond acceptors (Lipinski definition) is 2. The van der Waals surface area contributed by atoms with Crippen molar-refractivity contribution >= 4 is 7.60 Å². The van der Waals surface area contributed by atoms with Crippen LogP contribution in [0.15, 0.2) is 72.8 Å². The van der Waals surface area contributed by atoms with Gasteiger partial charge in [0.15, 0.2) is 0 Å². The van der Waals surface area contributed by atoms with E-state index in [-0.39, 0.29) is 6.16 Å². The third-order valence-corrected chi connectivity index (χ3v) is 6.78. The molecule has 176 valence electrons. The molecule has 0 aliphatic heterocycles. The molecule has 0 radical (unpaired) electrons. The van der Waals surface area contributed by atoms with Crippen molar-refractivity contribution in [2.45, 2.75) is 52.0 Å². The first-order valence-electron chi connectivity index (χ1n) is 12.0. The lowest BCUT2D eigenvalue weighted by atomic mass is 9.92. The second kappa shape index (κ2) is 12.9. The van der Waals surface area contributed by atoms with Crippen LogP contribution in [0, 0.1) is 0 Å². The molecule has 3 aromatic rings. The minimum Gasteiger partial charge on any atom is -0.324 e. The van der Waals surface area contributed by atoms with Crippen molar-refractivity contribution in [1.82, 2.24) is 5.32 Å². The molecule has 3 aromatic carbocycles. The first-order chi connectivity index (χ1) is 16.0. The summed E-state index contributed by atoms with van der Waals surface area (Å²) in [5, 5.41) is 3.30. The standard InChI is InChI=1S/C28H36NO3P/c1-2-3-4-6-10-23-13-16-26(17-14-23)27-18-15-24(22-29-19-9-20-33(30,31)32)21-28(27)25-11-7-5-8-12-25/h5,7-8,11-18,21,29H,2-4,6,9-10,19-20,22H2,1H3,(H2,30,31,32). The Morgan fingerprint density at radius 3 is 2.15 bits per heavy atom. The van der Waals surface area contributed by atoms with Crippen LogP contribution in [0.5, 0.6) is 0 Å². The Morgan fingerprint density at radius 1 is 0.758 bits per heavy atom. The second-order valence-corrected chi connectivity index (χ2v) is 10.4. The average Bonchev–Trinajstić information content (AvgIpc) is 2.82. The largest absolute Gasteiger partial charge is 0.325 e. The molecule has 0 unspecified atom stereocenters. The quantitative estimate of drug-likeness (QED) is 0.192. The Hall–Kier alpha value is -2.23. The lowest BCUT2D eigenvalue weighted by molar-refractivity contribution is 0.371. The lowest BCUT2D eigenvalue weighted by Gasteiger charge is -2.14. The van der Waals surface area contributed by atoms with Crippen LogP contribution in [0.4, 0.5) is 0 Å². The number of aryl methyl sites for hydroxylation is 1. The van der Waals surface area contributed by atoms with E-state index in [1.165, 1.54) is 53.5 Å². The van der Waals surface area contributed by atoms with Gasteiger partial charge in [-0.2, -0.15) is 0 Å². The van der Waals surface area contributed by atoms with Gasteiger partial charge in [-0.05, 0) is 65.3 Å². The highest BCUT2D eigenvalue weighted by atomic mass is 31.2. The number of benzene rings is 3. The van der Waals surface area contributed by atoms with Gasteiger partial charge in [0, 0.05) is 6.54 Å². The SMILES string of the molecule is CCCCCCc1ccc(-c2ccc(CNCCCP(=O)(O)O)cc2-c2ccccc2)cc1. The molecule has 3 rings (SSSR count). The fraction of sp³-hybridized carbons (Fsp3) is 0.357. The molecule has 3 N–H and O–H groups in total. The van der Waals surface area contributed by atoms with E-state index in [1.54, 1.807) is 0 Å². The molecular weight excluding hydrogens is 429 g/mol. The molecule has 0 aliphatic rings. The zero-order valence-corrected chi connectivity index (χ0v) is 20.4. The van der Waals surface area contributed by atoms with Crippen LogP contribution < -0.4 is 5.32 Å². The maximum absolute atomic E-state index is 11.0. The van der Waals surface area contributed by atoms with E-state index in [1.807, 2.05) is 6.07 Å². The first-order valence-corrected chi connectivity index (χ1v) is 13.8. The molecule has 4 nitrogen and oxygen atoms in total. The van der Waals surface area contributed by atoms with Crippen LogP contribution in [0.25, 0.3) is 22.3 Å². The highest BCUT2D eigenvalue weighted by Gasteiger charge is 2.12. The number of hydrogen-bond donors (Lipinski definition) is 3. The summed E-state index contributed by atoms with van der Waals surface area (Å²) in [6.45, 7) is 3.48. The van der Waals surface area contributed by atoms with Gasteiger partial charge in [-0.1, -0.05) is 92.9 Å². The zero-order chi connectivity index (χ0) is 23.5. The van der Waals surface area contributed by atoms with Crippen LogP contribution >= 0.6 is 7.60 Å². The molecule has 0 spiro atoms. The van der Waals surface area contributed by atoms with Gasteiger partial charge >= 0.3 is 7.60 Å². The summed E-state index contributed by atoms with van der Waals surface area (Å²) in [5.41, 5.74) is 7.35. The summed E-state index contributed by atoms with van der Waals surface area (Å²) in [5.74, 6) is 0. The van der Waals surface area contributed by atoms with E-state index in [2.05, 4.69) is 79.0 Å². The highest BCUT2D eigenvalue weighted by Crippen LogP contribution is 2.35. The van der Waals surface area contributed by atoms with Gasteiger partial charge in [0.2, 0.25) is 0 Å². The van der Waals surface area contributed by atoms with Crippen LogP contribution in [-0.2, 0) is 17.5 Å². The van der Waals surface area contributed by atoms with Crippen molar-refractivity contribution in [2.75, 3.05) is 12.7 Å². The minimum absolute atomic E-state index is 0.0806. The van der Waals surface area contributed by atoms with Gasteiger partial charge < -0.3 is 15.1 Å². The number of unbranched alkanes of at least 4 members (excludes halogenated alkanes) is 3. The summed E-state index contributed by atoms with van der Waals surface area (Å²) in [4.78, 5) is 18.0. The van der Waals surface area contributed by atoms with Crippen LogP contribution in [-0.4, -0.2) is 22.5 Å². The van der Waals surface area contributed by atoms with Gasteiger partial charge in [0.05, 0.1) is 6.16 Å². The first kappa shape index (κ1) is 25.4. The molecule has 0 aliphatic carbocycles. The molecule has 33 heavy (non-hydrogen) atoms. The fourth-order valence-corrected chi connectivity index (χ4v) is 4.63. The van der Waals surface area contributed by atoms with Gasteiger partial charge in [-0.15, -0.1) is 0 Å². The van der Waals surface area contributed by atoms with E-state index < -0.39 is 7.60 Å². The Labute approximate surface area is 198 Å². The summed E-state index contributed by atoms with van der Waals surface area (Å²) in [6, 6.07) is 25.9. The van der Waals surface area contributed by atoms with E-state index in [9.17, 15) is 4.57 Å². The topological polar surface area (TPSA) is 69.6 Å². The maximum Gasteiger partial charge on any atom is 0.325 e. The van der Waals surface area contributed by atoms with Crippen molar-refractivity contribution in [3.05, 3.63) is 83.9 Å². The lowest BCUT2D eigenvalue weighted by Crippen LogP contribution is -2.15. The minimum atomic E-state index is -3.92. The molecule has 0 saturated heterocycles. The van der Waals surface area contributed by atoms with Crippen molar-refractivity contribution in [3.63, 3.8) is 0 Å². The third-order valence-electron chi connectivity index (χ3n) is 5.88. The molecule has 0 atom stereocenters. The summed E-state index contributed by atoms with van der Waals surface area (Å²) < 4.78 is 11.0. The van der Waals surface area contributed by atoms with E-state index in [4.69, 9.17) is 9.79 Å². The second-order valence-electron chi connectivity index (χ2n) is 8.67. The van der Waals surface area contributed by atoms with Crippen molar-refractivity contribution < 1.29 is 14.4 Å². The van der Waals surface area contributed by atoms with Crippen LogP contribution in [0.1, 0.15) is 50.2 Å². The number of nitrogens with one attached hydrogen (secondary N) is 1. The predicted octanol–water partition coefficient (Wildman–Crippen LogP) is 6.80. The van der Waals surface area contributed by atoms with Gasteiger partial charge in [0.25, 0.3) is 0 Å². The molecule has 0 aromatic heterocycles. The highest BCUT2D eigenvalue weighted by molar-refractivity contribution is 7.51. The molecular formula is C28H36NO3P. The van der Waals surface area contributed by atoms with Gasteiger partial charge in [0.1, 0.15) is 0 Å². The van der Waals surface area contributed by atoms with E-state index >= 15 is 0 Å². The molecule has 5 heteroatoms. The van der Waals surface area contributed by atoms with Crippen LogP contribution in [0.3, 0.4) is 0 Å². The van der Waals surface area contributed by atoms with Crippen molar-refractivity contribution in [3.8, 4) is 22.3 Å². The van der Waals surface area contributed by atoms with Gasteiger partial charge in [-0.25, -0.2) is 0 Å². The number of rotatable bonds is 13. The zero-order valence-electron chi connectivity index (χ0n) is 19.5. The monoisotopic (exact) mass is 465 g/mol. The van der Waals surface area contributed by atoms with Crippen LogP contribution in [0.2, 0.25) is 0 Å². The molecule has 0 fully saturated rings. The average molecular weight is 466 g/mol. The smallest absolute Gasteiger partial charge is 0.324 e. The summed E-state index contributed by atoms with van der Waals surface area (Å²) in [6.07, 6.45) is 6.63. The van der Waals surface area contributed by atoms with Gasteiger partial charge in [-0.3, -0.25) is 4.57 Å².